The Balaban J connectivity index is 2.51. The van der Waals surface area contributed by atoms with Crippen LogP contribution in [0.1, 0.15) is 23.6 Å². The molecule has 1 rings (SSSR count). The minimum absolute atomic E-state index is 0.364. The van der Waals surface area contributed by atoms with Gasteiger partial charge in [-0.1, -0.05) is 36.2 Å². The highest BCUT2D eigenvalue weighted by Gasteiger charge is 2.09. The average molecular weight is 265 g/mol. The predicted molar refractivity (Wildman–Crippen MR) is 79.8 cm³/mol. The molecule has 3 nitrogen and oxygen atoms in total. The number of rotatable bonds is 9. The molecule has 0 spiro atoms. The van der Waals surface area contributed by atoms with Crippen molar-refractivity contribution in [1.82, 2.24) is 5.32 Å². The van der Waals surface area contributed by atoms with Crippen LogP contribution in [0.15, 0.2) is 18.2 Å². The lowest BCUT2D eigenvalue weighted by Crippen LogP contribution is -2.35. The molecule has 1 unspecified atom stereocenters. The zero-order valence-corrected chi connectivity index (χ0v) is 12.7. The van der Waals surface area contributed by atoms with Crippen molar-refractivity contribution < 1.29 is 9.47 Å². The number of hydrogen-bond donors (Lipinski definition) is 1. The molecule has 0 radical (unpaired) electrons. The van der Waals surface area contributed by atoms with Gasteiger partial charge in [0.05, 0.1) is 19.8 Å². The van der Waals surface area contributed by atoms with Crippen molar-refractivity contribution in [2.45, 2.75) is 33.2 Å². The van der Waals surface area contributed by atoms with Gasteiger partial charge in [0.1, 0.15) is 0 Å². The molecule has 0 amide bonds. The Morgan fingerprint density at radius 2 is 1.79 bits per heavy atom. The summed E-state index contributed by atoms with van der Waals surface area (Å²) in [7, 11) is 1.70. The van der Waals surface area contributed by atoms with Crippen LogP contribution in [0.2, 0.25) is 0 Å². The Bertz CT molecular complexity index is 346. The summed E-state index contributed by atoms with van der Waals surface area (Å²) in [5.74, 6) is 0. The number of methoxy groups -OCH3 is 1. The molecule has 1 aromatic rings. The van der Waals surface area contributed by atoms with E-state index in [1.807, 2.05) is 0 Å². The van der Waals surface area contributed by atoms with E-state index in [1.165, 1.54) is 16.7 Å². The molecular formula is C16H27NO2. The van der Waals surface area contributed by atoms with Crippen LogP contribution in [0.5, 0.6) is 0 Å². The molecule has 108 valence electrons. The molecule has 0 fully saturated rings. The standard InChI is InChI=1S/C16H27NO2/c1-5-17-16(12-19-7-6-18-4)11-15-9-13(2)8-14(3)10-15/h8-10,16-17H,5-7,11-12H2,1-4H3. The molecule has 3 heteroatoms. The second-order valence-electron chi connectivity index (χ2n) is 5.02. The summed E-state index contributed by atoms with van der Waals surface area (Å²) in [5.41, 5.74) is 4.02. The maximum absolute atomic E-state index is 5.63. The van der Waals surface area contributed by atoms with Gasteiger partial charge in [-0.3, -0.25) is 0 Å². The molecule has 0 bridgehead atoms. The van der Waals surface area contributed by atoms with E-state index in [4.69, 9.17) is 9.47 Å². The third kappa shape index (κ3) is 6.71. The second-order valence-corrected chi connectivity index (χ2v) is 5.02. The highest BCUT2D eigenvalue weighted by molar-refractivity contribution is 5.29. The van der Waals surface area contributed by atoms with Gasteiger partial charge in [-0.15, -0.1) is 0 Å². The van der Waals surface area contributed by atoms with Gasteiger partial charge in [-0.2, -0.15) is 0 Å². The number of likely N-dealkylation sites (N-methyl/N-ethyl adjacent to an activating group) is 1. The van der Waals surface area contributed by atoms with Gasteiger partial charge < -0.3 is 14.8 Å². The first-order valence-corrected chi connectivity index (χ1v) is 7.03. The Kier molecular flexibility index (Phi) is 7.72. The van der Waals surface area contributed by atoms with Crippen LogP contribution < -0.4 is 5.32 Å². The first kappa shape index (κ1) is 16.2. The Hall–Kier alpha value is -0.900. The molecule has 1 N–H and O–H groups in total. The summed E-state index contributed by atoms with van der Waals surface area (Å²) in [6.07, 6.45) is 1.00. The van der Waals surface area contributed by atoms with Crippen LogP contribution in [0.3, 0.4) is 0 Å². The minimum Gasteiger partial charge on any atom is -0.382 e. The van der Waals surface area contributed by atoms with Crippen LogP contribution in [0.4, 0.5) is 0 Å². The van der Waals surface area contributed by atoms with Crippen molar-refractivity contribution >= 4 is 0 Å². The SMILES string of the molecule is CCNC(COCCOC)Cc1cc(C)cc(C)c1. The number of aryl methyl sites for hydroxylation is 2. The van der Waals surface area contributed by atoms with Gasteiger partial charge in [0, 0.05) is 13.2 Å². The second kappa shape index (κ2) is 9.08. The maximum atomic E-state index is 5.63. The number of ether oxygens (including phenoxy) is 2. The molecule has 0 aliphatic heterocycles. The Morgan fingerprint density at radius 3 is 2.37 bits per heavy atom. The van der Waals surface area contributed by atoms with E-state index in [2.05, 4.69) is 44.3 Å². The topological polar surface area (TPSA) is 30.5 Å². The number of hydrogen-bond acceptors (Lipinski definition) is 3. The first-order chi connectivity index (χ1) is 9.15. The number of benzene rings is 1. The van der Waals surface area contributed by atoms with E-state index in [9.17, 15) is 0 Å². The maximum Gasteiger partial charge on any atom is 0.0701 e. The number of nitrogens with one attached hydrogen (secondary N) is 1. The van der Waals surface area contributed by atoms with Gasteiger partial charge >= 0.3 is 0 Å². The highest BCUT2D eigenvalue weighted by Crippen LogP contribution is 2.11. The molecular weight excluding hydrogens is 238 g/mol. The van der Waals surface area contributed by atoms with Gasteiger partial charge in [-0.25, -0.2) is 0 Å². The average Bonchev–Trinajstić information content (AvgIpc) is 2.33. The van der Waals surface area contributed by atoms with Crippen molar-refractivity contribution in [2.24, 2.45) is 0 Å². The van der Waals surface area contributed by atoms with E-state index >= 15 is 0 Å². The van der Waals surface area contributed by atoms with Gasteiger partial charge in [-0.05, 0) is 32.4 Å². The first-order valence-electron chi connectivity index (χ1n) is 7.03. The van der Waals surface area contributed by atoms with E-state index < -0.39 is 0 Å². The molecule has 1 atom stereocenters. The van der Waals surface area contributed by atoms with Gasteiger partial charge in [0.2, 0.25) is 0 Å². The molecule has 0 aromatic heterocycles. The monoisotopic (exact) mass is 265 g/mol. The third-order valence-corrected chi connectivity index (χ3v) is 3.01. The van der Waals surface area contributed by atoms with E-state index in [1.54, 1.807) is 7.11 Å². The predicted octanol–water partition coefficient (Wildman–Crippen LogP) is 2.49. The van der Waals surface area contributed by atoms with Crippen molar-refractivity contribution in [2.75, 3.05) is 33.5 Å². The fourth-order valence-corrected chi connectivity index (χ4v) is 2.32. The summed E-state index contributed by atoms with van der Waals surface area (Å²) in [5, 5.41) is 3.48. The lowest BCUT2D eigenvalue weighted by molar-refractivity contribution is 0.0589. The molecule has 0 aliphatic rings. The zero-order chi connectivity index (χ0) is 14.1. The molecule has 0 saturated heterocycles. The summed E-state index contributed by atoms with van der Waals surface area (Å²) in [6.45, 7) is 9.42. The summed E-state index contributed by atoms with van der Waals surface area (Å²) in [6, 6.07) is 7.09. The molecule has 0 saturated carbocycles. The summed E-state index contributed by atoms with van der Waals surface area (Å²) in [4.78, 5) is 0. The molecule has 1 aromatic carbocycles. The van der Waals surface area contributed by atoms with Crippen LogP contribution in [-0.4, -0.2) is 39.5 Å². The fourth-order valence-electron chi connectivity index (χ4n) is 2.32. The lowest BCUT2D eigenvalue weighted by atomic mass is 10.0. The van der Waals surface area contributed by atoms with E-state index in [0.29, 0.717) is 19.3 Å². The van der Waals surface area contributed by atoms with Crippen LogP contribution in [-0.2, 0) is 15.9 Å². The van der Waals surface area contributed by atoms with Crippen LogP contribution in [0.25, 0.3) is 0 Å². The Labute approximate surface area is 117 Å². The molecule has 0 heterocycles. The lowest BCUT2D eigenvalue weighted by Gasteiger charge is -2.18. The van der Waals surface area contributed by atoms with Crippen molar-refractivity contribution in [1.29, 1.82) is 0 Å². The van der Waals surface area contributed by atoms with E-state index in [0.717, 1.165) is 19.6 Å². The van der Waals surface area contributed by atoms with Gasteiger partial charge in [0.15, 0.2) is 0 Å². The van der Waals surface area contributed by atoms with Crippen molar-refractivity contribution in [3.05, 3.63) is 34.9 Å². The summed E-state index contributed by atoms with van der Waals surface area (Å²) >= 11 is 0. The van der Waals surface area contributed by atoms with Crippen molar-refractivity contribution in [3.8, 4) is 0 Å². The van der Waals surface area contributed by atoms with Crippen LogP contribution in [0, 0.1) is 13.8 Å². The summed E-state index contributed by atoms with van der Waals surface area (Å²) < 4.78 is 10.6. The minimum atomic E-state index is 0.364. The largest absolute Gasteiger partial charge is 0.382 e. The normalized spacial score (nSPS) is 12.6. The van der Waals surface area contributed by atoms with Crippen molar-refractivity contribution in [3.63, 3.8) is 0 Å². The molecule has 19 heavy (non-hydrogen) atoms. The third-order valence-electron chi connectivity index (χ3n) is 3.01. The highest BCUT2D eigenvalue weighted by atomic mass is 16.5. The quantitative estimate of drug-likeness (QED) is 0.696. The fraction of sp³-hybridized carbons (Fsp3) is 0.625. The smallest absolute Gasteiger partial charge is 0.0701 e. The van der Waals surface area contributed by atoms with E-state index in [-0.39, 0.29) is 0 Å². The molecule has 0 aliphatic carbocycles. The van der Waals surface area contributed by atoms with Crippen LogP contribution >= 0.6 is 0 Å². The Morgan fingerprint density at radius 1 is 1.11 bits per heavy atom. The van der Waals surface area contributed by atoms with Gasteiger partial charge in [0.25, 0.3) is 0 Å². The zero-order valence-electron chi connectivity index (χ0n) is 12.7.